The van der Waals surface area contributed by atoms with Gasteiger partial charge in [0, 0.05) is 66.9 Å². The summed E-state index contributed by atoms with van der Waals surface area (Å²) in [5.74, 6) is -70.3. The van der Waals surface area contributed by atoms with Crippen molar-refractivity contribution in [3.8, 4) is 194 Å². The molecule has 4 aliphatic heterocycles. The number of carbonyl (C=O) groups excluding carboxylic acids is 8. The fourth-order valence-corrected chi connectivity index (χ4v) is 16.1. The zero-order valence-electron chi connectivity index (χ0n) is 64.9. The molecule has 6 heterocycles. The highest BCUT2D eigenvalue weighted by Crippen LogP contribution is 2.65. The van der Waals surface area contributed by atoms with Gasteiger partial charge >= 0.3 is 59.0 Å². The van der Waals surface area contributed by atoms with E-state index in [4.69, 9.17) is 46.7 Å². The first-order chi connectivity index (χ1) is 62.5. The quantitative estimate of drug-likeness (QED) is 0.0307. The highest BCUT2D eigenvalue weighted by atomic mass is 16.7. The summed E-state index contributed by atoms with van der Waals surface area (Å²) in [7, 11) is 0. The van der Waals surface area contributed by atoms with Crippen LogP contribution in [0, 0.1) is 0 Å². The number of phenolic OH excluding ortho intramolecular Hbond substituents is 28. The van der Waals surface area contributed by atoms with Crippen LogP contribution in [0.1, 0.15) is 112 Å². The zero-order chi connectivity index (χ0) is 96.8. The predicted octanol–water partition coefficient (Wildman–Crippen LogP) is 2.46. The third kappa shape index (κ3) is 13.1. The molecule has 12 aromatic rings. The monoisotopic (exact) mass is 1850 g/mol. The largest absolute Gasteiger partial charge is 0.504 e. The maximum Gasteiger partial charge on any atom is 0.348 e. The minimum atomic E-state index is -3.63. The van der Waals surface area contributed by atoms with E-state index in [9.17, 15) is 182 Å². The average molecular weight is 1860 g/mol. The van der Waals surface area contributed by atoms with Gasteiger partial charge in [-0.3, -0.25) is 0 Å². The summed E-state index contributed by atoms with van der Waals surface area (Å²) in [6.45, 7) is -4.17. The molecule has 688 valence electrons. The van der Waals surface area contributed by atoms with E-state index in [1.807, 2.05) is 0 Å². The Kier molecular flexibility index (Phi) is 20.3. The summed E-state index contributed by atoms with van der Waals surface area (Å²) in [6.07, 6.45) is -30.8. The van der Waals surface area contributed by atoms with Crippen LogP contribution in [-0.2, 0) is 37.9 Å². The van der Waals surface area contributed by atoms with Crippen LogP contribution in [0.25, 0.3) is 66.1 Å². The molecule has 0 spiro atoms. The van der Waals surface area contributed by atoms with E-state index in [1.165, 1.54) is 0 Å². The lowest BCUT2D eigenvalue weighted by Gasteiger charge is -2.43. The molecule has 0 saturated heterocycles. The second kappa shape index (κ2) is 30.8. The lowest BCUT2D eigenvalue weighted by molar-refractivity contribution is -0.146. The van der Waals surface area contributed by atoms with E-state index < -0.39 is 421 Å². The van der Waals surface area contributed by atoms with Gasteiger partial charge in [0.15, 0.2) is 163 Å². The highest BCUT2D eigenvalue weighted by Gasteiger charge is 2.58. The van der Waals surface area contributed by atoms with Gasteiger partial charge in [0.1, 0.15) is 42.5 Å². The molecule has 0 radical (unpaired) electrons. The zero-order valence-corrected chi connectivity index (χ0v) is 64.9. The van der Waals surface area contributed by atoms with E-state index in [0.717, 1.165) is 0 Å². The molecular formula is C82H54O51. The second-order valence-corrected chi connectivity index (χ2v) is 29.6. The average Bonchev–Trinajstić information content (AvgIpc) is 0.861. The summed E-state index contributed by atoms with van der Waals surface area (Å²) in [5, 5.41) is 355. The van der Waals surface area contributed by atoms with Crippen LogP contribution in [-0.4, -0.2) is 268 Å². The van der Waals surface area contributed by atoms with Gasteiger partial charge in [-0.05, 0) is 48.5 Å². The van der Waals surface area contributed by atoms with Crippen molar-refractivity contribution in [2.75, 3.05) is 13.2 Å². The maximum absolute atomic E-state index is 16.6. The van der Waals surface area contributed by atoms with Crippen molar-refractivity contribution in [1.29, 1.82) is 0 Å². The first kappa shape index (κ1) is 87.6. The number of rotatable bonds is 10. The third-order valence-corrected chi connectivity index (χ3v) is 22.2. The van der Waals surface area contributed by atoms with E-state index >= 15 is 24.0 Å². The maximum atomic E-state index is 16.6. The number of aliphatic hydroxyl groups excluding tert-OH is 3. The lowest BCUT2D eigenvalue weighted by Crippen LogP contribution is -2.56. The number of aliphatic hydroxyl groups is 3. The number of cyclic esters (lactones) is 5. The molecule has 2 bridgehead atoms. The van der Waals surface area contributed by atoms with Crippen LogP contribution >= 0.6 is 0 Å². The Morgan fingerprint density at radius 2 is 0.662 bits per heavy atom. The Morgan fingerprint density at radius 1 is 0.301 bits per heavy atom. The summed E-state index contributed by atoms with van der Waals surface area (Å²) in [4.78, 5) is 152. The normalized spacial score (nSPS) is 18.5. The van der Waals surface area contributed by atoms with Crippen molar-refractivity contribution in [3.63, 3.8) is 0 Å². The van der Waals surface area contributed by atoms with Crippen molar-refractivity contribution in [2.45, 2.75) is 60.9 Å². The van der Waals surface area contributed by atoms with Crippen molar-refractivity contribution < 1.29 is 243 Å². The molecule has 0 fully saturated rings. The number of hydrogen-bond acceptors (Lipinski definition) is 51. The molecule has 10 atom stereocenters. The number of benzene rings is 10. The summed E-state index contributed by atoms with van der Waals surface area (Å²) in [5.41, 5.74) is -33.3. The SMILES string of the molecule is O=C(O[C@H]1COC(=O)c2cc(O)c(O)c(O)c2-c2c(cc(O)c(O)c2O)C(=O)O[C@@H]1[C@@H]1OC(=O)c2cc(O)c(O)c(O)c2-c2c(O)c(O)c(O)c3c2C(=O)O[C@H]1[C@@H]3c1c(O)c(O)c(O)c2c1C(=O)OC[C@@H](OC(=O)c1cc(O)c(O)c(O)c1)[C@@H]([C@@H](O)[C@@H](O)[C@@H](O)c1c(O)c(O)c3oc(=O)c4c(O)c(O)cc5oc(=O)c1c3c54)OC(=O)c1cc(O)c(O)c(O)c1-2)c1cc(O)c(O)c(O)c1. The van der Waals surface area contributed by atoms with Gasteiger partial charge in [-0.1, -0.05) is 0 Å². The molecule has 0 saturated carbocycles. The first-order valence-corrected chi connectivity index (χ1v) is 37.1. The van der Waals surface area contributed by atoms with Gasteiger partial charge in [-0.25, -0.2) is 47.9 Å². The number of phenols is 28. The molecule has 31 N–H and O–H groups in total. The van der Waals surface area contributed by atoms with E-state index in [2.05, 4.69) is 0 Å². The molecule has 4 aliphatic rings. The fourth-order valence-electron chi connectivity index (χ4n) is 16.1. The molecule has 133 heavy (non-hydrogen) atoms. The minimum Gasteiger partial charge on any atom is -0.504 e. The Morgan fingerprint density at radius 3 is 1.12 bits per heavy atom. The van der Waals surface area contributed by atoms with Crippen molar-refractivity contribution in [1.82, 2.24) is 0 Å². The van der Waals surface area contributed by atoms with E-state index in [0.29, 0.717) is 18.2 Å². The Balaban J connectivity index is 0.973. The molecule has 0 aliphatic carbocycles. The summed E-state index contributed by atoms with van der Waals surface area (Å²) in [6, 6.07) is 2.06. The molecule has 0 unspecified atom stereocenters. The van der Waals surface area contributed by atoms with Gasteiger partial charge in [0.25, 0.3) is 0 Å². The Hall–Kier alpha value is -18.8. The summed E-state index contributed by atoms with van der Waals surface area (Å²) < 4.78 is 56.5. The molecule has 16 rings (SSSR count). The number of carbonyl (C=O) groups is 8. The molecule has 0 amide bonds. The lowest BCUT2D eigenvalue weighted by atomic mass is 9.72. The number of fused-ring (bicyclic) bond motifs is 10. The van der Waals surface area contributed by atoms with Crippen LogP contribution in [0.15, 0.2) is 73.0 Å². The van der Waals surface area contributed by atoms with E-state index in [1.54, 1.807) is 0 Å². The van der Waals surface area contributed by atoms with Crippen LogP contribution in [0.4, 0.5) is 0 Å². The molecule has 51 nitrogen and oxygen atoms in total. The van der Waals surface area contributed by atoms with Gasteiger partial charge < -0.3 is 205 Å². The number of aromatic hydroxyl groups is 28. The van der Waals surface area contributed by atoms with Crippen LogP contribution < -0.4 is 11.3 Å². The number of hydrogen-bond donors (Lipinski definition) is 31. The Bertz CT molecular complexity index is 7370. The molecular weight excluding hydrogens is 1800 g/mol. The standard InChI is InChI=1S/C82H54O51/c83-18-1-12(2-19(84)46(18)92)73(114)127-28-10-125-79(120)41-35(32-16(7-24(89)51(97)55(32)101)76(117)129-68(28)67(113)65(111)61(107)44-43-39-34-27(126-80(43)121)9-26(91)48(94)45(34)82(123)131-70(39)66(112)62(44)108)57(103)63(109)59(105)37(41)40-38-42-36(58(104)64(110)60(38)106)33-17(8-25(90)52(98)56(33)102)78(119)133-72(71(40)132-81(42)122)69-29(128-74(115)13-3-20(85)47(93)21(86)4-13)11-124-75(116)14-5-22(87)49(95)53(99)30(14)31-15(77(118)130-69)6-23(88)50(96)54(31)100/h1-9,28-29,40,61,65,67-69,71-72,83-113H,10-11H2/t28-,29+,40-,61+,65+,67+,68+,69+,71+,72+/m1/s1. The van der Waals surface area contributed by atoms with E-state index in [-0.39, 0.29) is 36.4 Å². The van der Waals surface area contributed by atoms with Crippen LogP contribution in [0.2, 0.25) is 0 Å². The minimum absolute atomic E-state index is 0.0469. The van der Waals surface area contributed by atoms with Gasteiger partial charge in [-0.15, -0.1) is 0 Å². The third-order valence-electron chi connectivity index (χ3n) is 22.2. The summed E-state index contributed by atoms with van der Waals surface area (Å²) >= 11 is 0. The molecule has 10 aromatic carbocycles. The fraction of sp³-hybridized carbons (Fsp3) is 0.146. The van der Waals surface area contributed by atoms with Gasteiger partial charge in [-0.2, -0.15) is 0 Å². The molecule has 51 heteroatoms. The smallest absolute Gasteiger partial charge is 0.348 e. The predicted molar refractivity (Wildman–Crippen MR) is 417 cm³/mol. The van der Waals surface area contributed by atoms with Crippen molar-refractivity contribution in [2.24, 2.45) is 0 Å². The van der Waals surface area contributed by atoms with Crippen molar-refractivity contribution >= 4 is 80.5 Å². The number of ether oxygens (including phenoxy) is 8. The number of esters is 8. The topological polar surface area (TPSA) is 898 Å². The molecule has 2 aromatic heterocycles. The van der Waals surface area contributed by atoms with Crippen molar-refractivity contribution in [3.05, 3.63) is 137 Å². The highest BCUT2D eigenvalue weighted by molar-refractivity contribution is 6.24. The first-order valence-electron chi connectivity index (χ1n) is 37.1. The van der Waals surface area contributed by atoms with Gasteiger partial charge in [0.2, 0.25) is 40.2 Å². The van der Waals surface area contributed by atoms with Crippen LogP contribution in [0.3, 0.4) is 0 Å². The van der Waals surface area contributed by atoms with Gasteiger partial charge in [0.05, 0.1) is 55.8 Å². The second-order valence-electron chi connectivity index (χ2n) is 29.6. The Labute approximate surface area is 726 Å². The van der Waals surface area contributed by atoms with Crippen LogP contribution in [0.5, 0.6) is 161 Å².